The largest absolute Gasteiger partial charge is 0.462 e. The van der Waals surface area contributed by atoms with E-state index in [1.807, 2.05) is 13.8 Å². The van der Waals surface area contributed by atoms with Crippen molar-refractivity contribution in [2.24, 2.45) is 0 Å². The molecule has 0 saturated heterocycles. The molecule has 0 atom stereocenters. The number of carbonyl (C=O) groups is 1. The summed E-state index contributed by atoms with van der Waals surface area (Å²) in [6, 6.07) is 8.26. The zero-order valence-electron chi connectivity index (χ0n) is 16.0. The molecule has 26 heavy (non-hydrogen) atoms. The second kappa shape index (κ2) is 10.2. The van der Waals surface area contributed by atoms with Crippen molar-refractivity contribution in [2.45, 2.75) is 64.9 Å². The van der Waals surface area contributed by atoms with Crippen LogP contribution in [0.15, 0.2) is 29.4 Å². The third-order valence-electron chi connectivity index (χ3n) is 3.72. The Morgan fingerprint density at radius 2 is 2.00 bits per heavy atom. The molecule has 0 aliphatic rings. The highest BCUT2D eigenvalue weighted by Crippen LogP contribution is 2.19. The van der Waals surface area contributed by atoms with Crippen LogP contribution in [0.3, 0.4) is 0 Å². The van der Waals surface area contributed by atoms with Gasteiger partial charge in [-0.15, -0.1) is 10.2 Å². The maximum atomic E-state index is 11.8. The number of aryl methyl sites for hydroxylation is 1. The second-order valence-electron chi connectivity index (χ2n) is 6.45. The Morgan fingerprint density at radius 3 is 2.65 bits per heavy atom. The number of hydrogen-bond acceptors (Lipinski definition) is 6. The van der Waals surface area contributed by atoms with Gasteiger partial charge in [0.25, 0.3) is 0 Å². The molecule has 0 aliphatic heterocycles. The van der Waals surface area contributed by atoms with Gasteiger partial charge in [-0.1, -0.05) is 42.8 Å². The lowest BCUT2D eigenvalue weighted by atomic mass is 10.2. The maximum Gasteiger partial charge on any atom is 0.316 e. The van der Waals surface area contributed by atoms with Gasteiger partial charge in [-0.05, 0) is 39.3 Å². The Kier molecular flexibility index (Phi) is 7.97. The molecule has 7 heteroatoms. The summed E-state index contributed by atoms with van der Waals surface area (Å²) in [4.78, 5) is 11.8. The number of rotatable bonds is 10. The molecule has 2 aromatic rings. The van der Waals surface area contributed by atoms with Crippen LogP contribution in [0, 0.1) is 6.92 Å². The third-order valence-corrected chi connectivity index (χ3v) is 4.66. The van der Waals surface area contributed by atoms with Crippen molar-refractivity contribution in [1.82, 2.24) is 14.8 Å². The summed E-state index contributed by atoms with van der Waals surface area (Å²) < 4.78 is 7.28. The first-order valence-electron chi connectivity index (χ1n) is 9.04. The molecule has 1 N–H and O–H groups in total. The number of thioether (sulfide) groups is 1. The lowest BCUT2D eigenvalue weighted by Gasteiger charge is -2.11. The first kappa shape index (κ1) is 20.3. The minimum Gasteiger partial charge on any atom is -0.462 e. The van der Waals surface area contributed by atoms with E-state index in [0.29, 0.717) is 6.54 Å². The van der Waals surface area contributed by atoms with E-state index in [4.69, 9.17) is 4.74 Å². The van der Waals surface area contributed by atoms with E-state index < -0.39 is 0 Å². The number of unbranched alkanes of at least 4 members (excludes halogenated alkanes) is 1. The summed E-state index contributed by atoms with van der Waals surface area (Å²) in [5, 5.41) is 12.7. The number of nitrogens with one attached hydrogen (secondary N) is 1. The zero-order chi connectivity index (χ0) is 18.9. The highest BCUT2D eigenvalue weighted by Gasteiger charge is 2.15. The van der Waals surface area contributed by atoms with Crippen molar-refractivity contribution in [3.63, 3.8) is 0 Å². The van der Waals surface area contributed by atoms with Gasteiger partial charge in [-0.2, -0.15) is 0 Å². The van der Waals surface area contributed by atoms with E-state index >= 15 is 0 Å². The summed E-state index contributed by atoms with van der Waals surface area (Å²) in [5.74, 6) is 0.890. The van der Waals surface area contributed by atoms with Gasteiger partial charge in [0, 0.05) is 12.2 Å². The molecular formula is C19H28N4O2S. The SMILES string of the molecule is CCCCn1c(CNc2ccc(C)cc2)nnc1SCC(=O)OC(C)C. The third kappa shape index (κ3) is 6.37. The lowest BCUT2D eigenvalue weighted by Crippen LogP contribution is -2.14. The van der Waals surface area contributed by atoms with Gasteiger partial charge in [0.05, 0.1) is 18.4 Å². The summed E-state index contributed by atoms with van der Waals surface area (Å²) >= 11 is 1.38. The molecule has 1 aromatic carbocycles. The number of esters is 1. The van der Waals surface area contributed by atoms with Crippen LogP contribution < -0.4 is 5.32 Å². The quantitative estimate of drug-likeness (QED) is 0.498. The molecule has 0 amide bonds. The molecule has 1 aromatic heterocycles. The number of anilines is 1. The number of carbonyl (C=O) groups excluding carboxylic acids is 1. The van der Waals surface area contributed by atoms with Crippen molar-refractivity contribution < 1.29 is 9.53 Å². The highest BCUT2D eigenvalue weighted by atomic mass is 32.2. The molecule has 142 valence electrons. The molecule has 0 spiro atoms. The van der Waals surface area contributed by atoms with Crippen molar-refractivity contribution in [3.8, 4) is 0 Å². The summed E-state index contributed by atoms with van der Waals surface area (Å²) in [6.07, 6.45) is 2.03. The van der Waals surface area contributed by atoms with Gasteiger partial charge >= 0.3 is 5.97 Å². The average molecular weight is 377 g/mol. The van der Waals surface area contributed by atoms with Crippen LogP contribution in [-0.2, 0) is 22.6 Å². The van der Waals surface area contributed by atoms with Gasteiger partial charge in [-0.3, -0.25) is 4.79 Å². The molecule has 0 bridgehead atoms. The molecule has 1 heterocycles. The zero-order valence-corrected chi connectivity index (χ0v) is 16.8. The molecule has 6 nitrogen and oxygen atoms in total. The van der Waals surface area contributed by atoms with E-state index in [-0.39, 0.29) is 17.8 Å². The number of aromatic nitrogens is 3. The van der Waals surface area contributed by atoms with Crippen LogP contribution in [0.25, 0.3) is 0 Å². The minimum atomic E-state index is -0.227. The van der Waals surface area contributed by atoms with E-state index in [1.54, 1.807) is 0 Å². The average Bonchev–Trinajstić information content (AvgIpc) is 2.99. The smallest absolute Gasteiger partial charge is 0.316 e. The van der Waals surface area contributed by atoms with Crippen molar-refractivity contribution in [3.05, 3.63) is 35.7 Å². The van der Waals surface area contributed by atoms with Gasteiger partial charge in [0.1, 0.15) is 0 Å². The molecule has 0 radical (unpaired) electrons. The fourth-order valence-corrected chi connectivity index (χ4v) is 3.14. The fourth-order valence-electron chi connectivity index (χ4n) is 2.37. The molecule has 0 unspecified atom stereocenters. The van der Waals surface area contributed by atoms with E-state index in [2.05, 4.69) is 58.2 Å². The van der Waals surface area contributed by atoms with E-state index in [9.17, 15) is 4.79 Å². The fraction of sp³-hybridized carbons (Fsp3) is 0.526. The summed E-state index contributed by atoms with van der Waals surface area (Å²) in [7, 11) is 0. The van der Waals surface area contributed by atoms with Crippen molar-refractivity contribution in [2.75, 3.05) is 11.1 Å². The number of hydrogen-bond donors (Lipinski definition) is 1. The first-order chi connectivity index (χ1) is 12.5. The highest BCUT2D eigenvalue weighted by molar-refractivity contribution is 7.99. The molecular weight excluding hydrogens is 348 g/mol. The number of nitrogens with zero attached hydrogens (tertiary/aromatic N) is 3. The van der Waals surface area contributed by atoms with Crippen LogP contribution in [0.2, 0.25) is 0 Å². The van der Waals surface area contributed by atoms with Crippen molar-refractivity contribution >= 4 is 23.4 Å². The molecule has 0 fully saturated rings. The van der Waals surface area contributed by atoms with Crippen LogP contribution in [0.5, 0.6) is 0 Å². The Morgan fingerprint density at radius 1 is 1.27 bits per heavy atom. The number of benzene rings is 1. The Bertz CT molecular complexity index is 698. The summed E-state index contributed by atoms with van der Waals surface area (Å²) in [6.45, 7) is 9.36. The summed E-state index contributed by atoms with van der Waals surface area (Å²) in [5.41, 5.74) is 2.28. The van der Waals surface area contributed by atoms with E-state index in [0.717, 1.165) is 36.1 Å². The molecule has 2 rings (SSSR count). The van der Waals surface area contributed by atoms with Gasteiger partial charge in [-0.25, -0.2) is 0 Å². The molecule has 0 saturated carbocycles. The van der Waals surface area contributed by atoms with Crippen molar-refractivity contribution in [1.29, 1.82) is 0 Å². The predicted molar refractivity (Wildman–Crippen MR) is 105 cm³/mol. The lowest BCUT2D eigenvalue weighted by molar-refractivity contribution is -0.144. The standard InChI is InChI=1S/C19H28N4O2S/c1-5-6-11-23-17(12-20-16-9-7-15(4)8-10-16)21-22-19(23)26-13-18(24)25-14(2)3/h7-10,14,20H,5-6,11-13H2,1-4H3. The Hall–Kier alpha value is -2.02. The Labute approximate surface area is 159 Å². The minimum absolute atomic E-state index is 0.102. The monoisotopic (exact) mass is 376 g/mol. The van der Waals surface area contributed by atoms with Crippen LogP contribution in [-0.4, -0.2) is 32.6 Å². The second-order valence-corrected chi connectivity index (χ2v) is 7.39. The van der Waals surface area contributed by atoms with Crippen LogP contribution >= 0.6 is 11.8 Å². The molecule has 0 aliphatic carbocycles. The van der Waals surface area contributed by atoms with Gasteiger partial charge < -0.3 is 14.6 Å². The Balaban J connectivity index is 2.02. The first-order valence-corrected chi connectivity index (χ1v) is 10.0. The topological polar surface area (TPSA) is 69.0 Å². The van der Waals surface area contributed by atoms with Gasteiger partial charge in [0.15, 0.2) is 11.0 Å². The maximum absolute atomic E-state index is 11.8. The predicted octanol–water partition coefficient (Wildman–Crippen LogP) is 4.04. The normalized spacial score (nSPS) is 11.0. The van der Waals surface area contributed by atoms with Gasteiger partial charge in [0.2, 0.25) is 0 Å². The van der Waals surface area contributed by atoms with E-state index in [1.165, 1.54) is 17.3 Å². The van der Waals surface area contributed by atoms with Crippen LogP contribution in [0.4, 0.5) is 5.69 Å². The number of ether oxygens (including phenoxy) is 1. The van der Waals surface area contributed by atoms with Crippen LogP contribution in [0.1, 0.15) is 45.0 Å².